The minimum Gasteiger partial charge on any atom is -0.317 e. The molecule has 1 heteroatoms. The normalized spacial score (nSPS) is 14.1. The van der Waals surface area contributed by atoms with Gasteiger partial charge in [-0.2, -0.15) is 0 Å². The molecule has 0 radical (unpaired) electrons. The van der Waals surface area contributed by atoms with Gasteiger partial charge in [0.25, 0.3) is 0 Å². The summed E-state index contributed by atoms with van der Waals surface area (Å²) in [6.45, 7) is 10.4. The van der Waals surface area contributed by atoms with E-state index < -0.39 is 0 Å². The maximum Gasteiger partial charge on any atom is 0.0688 e. The van der Waals surface area contributed by atoms with Gasteiger partial charge in [0.05, 0.1) is 6.04 Å². The number of rotatable bonds is 1. The first kappa shape index (κ1) is 10.5. The van der Waals surface area contributed by atoms with Crippen LogP contribution in [0.4, 0.5) is 0 Å². The topological polar surface area (TPSA) is 26.0 Å². The van der Waals surface area contributed by atoms with E-state index in [1.54, 1.807) is 0 Å². The first-order chi connectivity index (χ1) is 4.83. The molecule has 2 N–H and O–H groups in total. The molecule has 0 heterocycles. The largest absolute Gasteiger partial charge is 0.317 e. The summed E-state index contributed by atoms with van der Waals surface area (Å²) in [5, 5.41) is 0. The standard InChI is InChI=1S/C10H19N/c1-8(2)9(11)6-7-10(3,4)5/h8-9H,11H2,1-5H3. The van der Waals surface area contributed by atoms with E-state index in [2.05, 4.69) is 46.5 Å². The minimum atomic E-state index is 0.0224. The molecular weight excluding hydrogens is 134 g/mol. The van der Waals surface area contributed by atoms with E-state index in [4.69, 9.17) is 5.73 Å². The van der Waals surface area contributed by atoms with E-state index in [1.165, 1.54) is 0 Å². The van der Waals surface area contributed by atoms with E-state index in [0.29, 0.717) is 5.92 Å². The summed E-state index contributed by atoms with van der Waals surface area (Å²) in [7, 11) is 0. The Hall–Kier alpha value is -0.480. The molecule has 0 aromatic rings. The van der Waals surface area contributed by atoms with Gasteiger partial charge in [0, 0.05) is 5.41 Å². The molecule has 0 bridgehead atoms. The summed E-state index contributed by atoms with van der Waals surface area (Å²) >= 11 is 0. The van der Waals surface area contributed by atoms with Crippen LogP contribution in [-0.2, 0) is 0 Å². The second-order valence-electron chi connectivity index (χ2n) is 4.29. The SMILES string of the molecule is CC(C)C(N)C#CC(C)(C)C. The van der Waals surface area contributed by atoms with Crippen LogP contribution in [0.3, 0.4) is 0 Å². The molecule has 0 rings (SSSR count). The zero-order valence-electron chi connectivity index (χ0n) is 8.23. The lowest BCUT2D eigenvalue weighted by Crippen LogP contribution is -2.24. The second kappa shape index (κ2) is 3.78. The highest BCUT2D eigenvalue weighted by Gasteiger charge is 2.06. The monoisotopic (exact) mass is 153 g/mol. The van der Waals surface area contributed by atoms with E-state index >= 15 is 0 Å². The van der Waals surface area contributed by atoms with Crippen LogP contribution in [0.1, 0.15) is 34.6 Å². The predicted octanol–water partition coefficient (Wildman–Crippen LogP) is 2.02. The zero-order valence-corrected chi connectivity index (χ0v) is 8.23. The number of nitrogens with two attached hydrogens (primary N) is 1. The Kier molecular flexibility index (Phi) is 3.62. The van der Waals surface area contributed by atoms with Crippen LogP contribution in [0.2, 0.25) is 0 Å². The van der Waals surface area contributed by atoms with Crippen molar-refractivity contribution in [2.75, 3.05) is 0 Å². The average molecular weight is 153 g/mol. The number of hydrogen-bond acceptors (Lipinski definition) is 1. The minimum absolute atomic E-state index is 0.0224. The molecule has 0 aliphatic heterocycles. The molecule has 0 amide bonds. The summed E-state index contributed by atoms with van der Waals surface area (Å²) in [6.07, 6.45) is 0. The van der Waals surface area contributed by atoms with Crippen LogP contribution in [-0.4, -0.2) is 6.04 Å². The molecule has 64 valence electrons. The van der Waals surface area contributed by atoms with Gasteiger partial charge in [0.15, 0.2) is 0 Å². The molecule has 0 aromatic carbocycles. The van der Waals surface area contributed by atoms with Gasteiger partial charge in [-0.3, -0.25) is 0 Å². The molecule has 11 heavy (non-hydrogen) atoms. The van der Waals surface area contributed by atoms with Gasteiger partial charge < -0.3 is 5.73 Å². The Bertz CT molecular complexity index is 164. The van der Waals surface area contributed by atoms with Crippen LogP contribution in [0, 0.1) is 23.2 Å². The van der Waals surface area contributed by atoms with Gasteiger partial charge >= 0.3 is 0 Å². The third-order valence-electron chi connectivity index (χ3n) is 1.33. The van der Waals surface area contributed by atoms with Crippen molar-refractivity contribution in [3.8, 4) is 11.8 Å². The van der Waals surface area contributed by atoms with E-state index in [1.807, 2.05) is 0 Å². The average Bonchev–Trinajstić information content (AvgIpc) is 1.80. The highest BCUT2D eigenvalue weighted by Crippen LogP contribution is 2.10. The van der Waals surface area contributed by atoms with Gasteiger partial charge in [-0.1, -0.05) is 25.7 Å². The van der Waals surface area contributed by atoms with Crippen molar-refractivity contribution < 1.29 is 0 Å². The Labute approximate surface area is 70.4 Å². The second-order valence-corrected chi connectivity index (χ2v) is 4.29. The van der Waals surface area contributed by atoms with Crippen LogP contribution in [0.15, 0.2) is 0 Å². The van der Waals surface area contributed by atoms with Gasteiger partial charge in [0.1, 0.15) is 0 Å². The maximum absolute atomic E-state index is 5.75. The quantitative estimate of drug-likeness (QED) is 0.573. The lowest BCUT2D eigenvalue weighted by atomic mass is 9.96. The molecule has 0 aliphatic carbocycles. The Balaban J connectivity index is 4.08. The van der Waals surface area contributed by atoms with Crippen LogP contribution < -0.4 is 5.73 Å². The van der Waals surface area contributed by atoms with Crippen molar-refractivity contribution in [3.63, 3.8) is 0 Å². The highest BCUT2D eigenvalue weighted by atomic mass is 14.6. The molecule has 1 nitrogen and oxygen atoms in total. The molecule has 0 aliphatic rings. The van der Waals surface area contributed by atoms with Gasteiger partial charge in [-0.05, 0) is 26.7 Å². The van der Waals surface area contributed by atoms with Crippen LogP contribution in [0.25, 0.3) is 0 Å². The molecule has 1 unspecified atom stereocenters. The zero-order chi connectivity index (χ0) is 9.07. The fraction of sp³-hybridized carbons (Fsp3) is 0.800. The smallest absolute Gasteiger partial charge is 0.0688 e. The van der Waals surface area contributed by atoms with Crippen molar-refractivity contribution in [1.82, 2.24) is 0 Å². The van der Waals surface area contributed by atoms with Crippen molar-refractivity contribution in [2.24, 2.45) is 17.1 Å². The third-order valence-corrected chi connectivity index (χ3v) is 1.33. The van der Waals surface area contributed by atoms with Crippen molar-refractivity contribution in [1.29, 1.82) is 0 Å². The van der Waals surface area contributed by atoms with E-state index in [-0.39, 0.29) is 11.5 Å². The lowest BCUT2D eigenvalue weighted by molar-refractivity contribution is 0.557. The fourth-order valence-electron chi connectivity index (χ4n) is 0.467. The summed E-state index contributed by atoms with van der Waals surface area (Å²) in [5.74, 6) is 6.63. The van der Waals surface area contributed by atoms with Crippen molar-refractivity contribution in [3.05, 3.63) is 0 Å². The lowest BCUT2D eigenvalue weighted by Gasteiger charge is -2.11. The molecular formula is C10H19N. The van der Waals surface area contributed by atoms with Crippen LogP contribution >= 0.6 is 0 Å². The van der Waals surface area contributed by atoms with E-state index in [9.17, 15) is 0 Å². The summed E-state index contributed by atoms with van der Waals surface area (Å²) in [6, 6.07) is 0.0224. The van der Waals surface area contributed by atoms with Gasteiger partial charge in [0.2, 0.25) is 0 Å². The Morgan fingerprint density at radius 1 is 1.18 bits per heavy atom. The van der Waals surface area contributed by atoms with Gasteiger partial charge in [-0.25, -0.2) is 0 Å². The molecule has 0 saturated carbocycles. The van der Waals surface area contributed by atoms with Crippen LogP contribution in [0.5, 0.6) is 0 Å². The number of hydrogen-bond donors (Lipinski definition) is 1. The Morgan fingerprint density at radius 3 is 1.91 bits per heavy atom. The molecule has 0 saturated heterocycles. The predicted molar refractivity (Wildman–Crippen MR) is 50.0 cm³/mol. The van der Waals surface area contributed by atoms with Gasteiger partial charge in [-0.15, -0.1) is 0 Å². The Morgan fingerprint density at radius 2 is 1.64 bits per heavy atom. The first-order valence-corrected chi connectivity index (χ1v) is 4.11. The maximum atomic E-state index is 5.75. The summed E-state index contributed by atoms with van der Waals surface area (Å²) in [5.41, 5.74) is 5.83. The van der Waals surface area contributed by atoms with Crippen molar-refractivity contribution >= 4 is 0 Å². The summed E-state index contributed by atoms with van der Waals surface area (Å²) < 4.78 is 0. The third kappa shape index (κ3) is 5.94. The van der Waals surface area contributed by atoms with Crippen molar-refractivity contribution in [2.45, 2.75) is 40.7 Å². The fourth-order valence-corrected chi connectivity index (χ4v) is 0.467. The molecule has 0 fully saturated rings. The molecule has 1 atom stereocenters. The first-order valence-electron chi connectivity index (χ1n) is 4.11. The molecule has 0 spiro atoms. The van der Waals surface area contributed by atoms with E-state index in [0.717, 1.165) is 0 Å². The summed E-state index contributed by atoms with van der Waals surface area (Å²) in [4.78, 5) is 0. The molecule has 0 aromatic heterocycles. The highest BCUT2D eigenvalue weighted by molar-refractivity contribution is 5.12.